The molecule has 1 aliphatic carbocycles. The smallest absolute Gasteiger partial charge is 0.0672 e. The zero-order chi connectivity index (χ0) is 13.0. The zero-order valence-electron chi connectivity index (χ0n) is 11.9. The first kappa shape index (κ1) is 13.8. The maximum absolute atomic E-state index is 9.37. The summed E-state index contributed by atoms with van der Waals surface area (Å²) < 4.78 is 0. The van der Waals surface area contributed by atoms with Crippen LogP contribution in [0, 0.1) is 23.2 Å². The molecule has 3 heteroatoms. The molecule has 0 amide bonds. The summed E-state index contributed by atoms with van der Waals surface area (Å²) in [5, 5.41) is 9.37. The summed E-state index contributed by atoms with van der Waals surface area (Å²) in [6.45, 7) is 6.90. The van der Waals surface area contributed by atoms with Crippen molar-refractivity contribution in [3.8, 4) is 6.07 Å². The van der Waals surface area contributed by atoms with Gasteiger partial charge in [0, 0.05) is 32.2 Å². The van der Waals surface area contributed by atoms with E-state index in [4.69, 9.17) is 0 Å². The molecule has 0 aromatic rings. The molecule has 3 unspecified atom stereocenters. The van der Waals surface area contributed by atoms with E-state index in [-0.39, 0.29) is 5.92 Å². The molecule has 2 rings (SSSR count). The van der Waals surface area contributed by atoms with Gasteiger partial charge >= 0.3 is 0 Å². The summed E-state index contributed by atoms with van der Waals surface area (Å²) in [5.41, 5.74) is 0. The van der Waals surface area contributed by atoms with Crippen molar-refractivity contribution in [1.82, 2.24) is 9.80 Å². The molecule has 0 spiro atoms. The van der Waals surface area contributed by atoms with Gasteiger partial charge in [0.05, 0.1) is 12.0 Å². The molecule has 18 heavy (non-hydrogen) atoms. The Morgan fingerprint density at radius 1 is 1.17 bits per heavy atom. The lowest BCUT2D eigenvalue weighted by atomic mass is 9.76. The molecule has 2 fully saturated rings. The lowest BCUT2D eigenvalue weighted by Crippen LogP contribution is -2.52. The fourth-order valence-electron chi connectivity index (χ4n) is 3.61. The van der Waals surface area contributed by atoms with Crippen molar-refractivity contribution in [2.75, 3.05) is 33.2 Å². The second-order valence-electron chi connectivity index (χ2n) is 6.11. The Kier molecular flexibility index (Phi) is 5.03. The van der Waals surface area contributed by atoms with Gasteiger partial charge in [0.15, 0.2) is 0 Å². The number of rotatable bonds is 3. The number of hydrogen-bond donors (Lipinski definition) is 0. The van der Waals surface area contributed by atoms with Gasteiger partial charge in [-0.1, -0.05) is 19.8 Å². The van der Waals surface area contributed by atoms with E-state index in [1.165, 1.54) is 25.7 Å². The highest BCUT2D eigenvalue weighted by Crippen LogP contribution is 2.34. The molecule has 3 nitrogen and oxygen atoms in total. The number of piperazine rings is 1. The maximum Gasteiger partial charge on any atom is 0.0672 e. The van der Waals surface area contributed by atoms with E-state index < -0.39 is 0 Å². The Labute approximate surface area is 112 Å². The van der Waals surface area contributed by atoms with E-state index >= 15 is 0 Å². The molecule has 0 radical (unpaired) electrons. The van der Waals surface area contributed by atoms with E-state index in [9.17, 15) is 5.26 Å². The monoisotopic (exact) mass is 249 g/mol. The van der Waals surface area contributed by atoms with Crippen LogP contribution >= 0.6 is 0 Å². The van der Waals surface area contributed by atoms with Crippen LogP contribution in [0.2, 0.25) is 0 Å². The number of likely N-dealkylation sites (N-methyl/N-ethyl adjacent to an activating group) is 1. The van der Waals surface area contributed by atoms with Gasteiger partial charge in [0.2, 0.25) is 0 Å². The van der Waals surface area contributed by atoms with Crippen LogP contribution in [0.5, 0.6) is 0 Å². The SMILES string of the molecule is CCCC1CCC(C#N)C(N2CCN(C)CC2)C1. The highest BCUT2D eigenvalue weighted by atomic mass is 15.3. The van der Waals surface area contributed by atoms with Crippen molar-refractivity contribution in [2.24, 2.45) is 11.8 Å². The molecule has 1 aliphatic heterocycles. The Balaban J connectivity index is 1.95. The van der Waals surface area contributed by atoms with Crippen molar-refractivity contribution in [3.63, 3.8) is 0 Å². The standard InChI is InChI=1S/C15H27N3/c1-3-4-13-5-6-14(12-16)15(11-13)18-9-7-17(2)8-10-18/h13-15H,3-11H2,1-2H3. The summed E-state index contributed by atoms with van der Waals surface area (Å²) in [4.78, 5) is 4.99. The molecule has 1 saturated carbocycles. The highest BCUT2D eigenvalue weighted by molar-refractivity contribution is 4.98. The Bertz CT molecular complexity index is 289. The minimum atomic E-state index is 0.279. The third-order valence-electron chi connectivity index (χ3n) is 4.79. The summed E-state index contributed by atoms with van der Waals surface area (Å²) in [6.07, 6.45) is 6.30. The third kappa shape index (κ3) is 3.24. The molecule has 2 aliphatic rings. The van der Waals surface area contributed by atoms with Gasteiger partial charge in [-0.15, -0.1) is 0 Å². The van der Waals surface area contributed by atoms with Gasteiger partial charge in [0.1, 0.15) is 0 Å². The van der Waals surface area contributed by atoms with Crippen LogP contribution in [0.1, 0.15) is 39.0 Å². The summed E-state index contributed by atoms with van der Waals surface area (Å²) in [7, 11) is 2.19. The van der Waals surface area contributed by atoms with Gasteiger partial charge in [-0.3, -0.25) is 4.90 Å². The van der Waals surface area contributed by atoms with E-state index in [1.807, 2.05) is 0 Å². The average molecular weight is 249 g/mol. The van der Waals surface area contributed by atoms with Crippen molar-refractivity contribution in [2.45, 2.75) is 45.1 Å². The Hall–Kier alpha value is -0.590. The van der Waals surface area contributed by atoms with Crippen molar-refractivity contribution < 1.29 is 0 Å². The van der Waals surface area contributed by atoms with Crippen LogP contribution in [-0.4, -0.2) is 49.1 Å². The topological polar surface area (TPSA) is 30.3 Å². The molecule has 102 valence electrons. The largest absolute Gasteiger partial charge is 0.304 e. The van der Waals surface area contributed by atoms with Gasteiger partial charge in [-0.25, -0.2) is 0 Å². The molecule has 0 aromatic heterocycles. The van der Waals surface area contributed by atoms with E-state index in [1.54, 1.807) is 0 Å². The Morgan fingerprint density at radius 2 is 1.89 bits per heavy atom. The fourth-order valence-corrected chi connectivity index (χ4v) is 3.61. The van der Waals surface area contributed by atoms with Gasteiger partial charge < -0.3 is 4.90 Å². The molecule has 0 aromatic carbocycles. The first-order chi connectivity index (χ1) is 8.74. The Morgan fingerprint density at radius 3 is 2.50 bits per heavy atom. The van der Waals surface area contributed by atoms with Crippen molar-refractivity contribution >= 4 is 0 Å². The number of nitrogens with zero attached hydrogens (tertiary/aromatic N) is 3. The van der Waals surface area contributed by atoms with Gasteiger partial charge in [-0.05, 0) is 32.2 Å². The predicted molar refractivity (Wildman–Crippen MR) is 74.2 cm³/mol. The minimum Gasteiger partial charge on any atom is -0.304 e. The number of nitriles is 1. The predicted octanol–water partition coefficient (Wildman–Crippen LogP) is 2.34. The maximum atomic E-state index is 9.37. The molecular weight excluding hydrogens is 222 g/mol. The first-order valence-electron chi connectivity index (χ1n) is 7.56. The summed E-state index contributed by atoms with van der Waals surface area (Å²) >= 11 is 0. The minimum absolute atomic E-state index is 0.279. The lowest BCUT2D eigenvalue weighted by Gasteiger charge is -2.43. The molecular formula is C15H27N3. The van der Waals surface area contributed by atoms with Crippen LogP contribution in [0.4, 0.5) is 0 Å². The first-order valence-corrected chi connectivity index (χ1v) is 7.56. The molecule has 3 atom stereocenters. The molecule has 1 saturated heterocycles. The lowest BCUT2D eigenvalue weighted by molar-refractivity contribution is 0.0560. The zero-order valence-corrected chi connectivity index (χ0v) is 11.9. The van der Waals surface area contributed by atoms with Crippen LogP contribution < -0.4 is 0 Å². The van der Waals surface area contributed by atoms with Crippen molar-refractivity contribution in [3.05, 3.63) is 0 Å². The second kappa shape index (κ2) is 6.54. The fraction of sp³-hybridized carbons (Fsp3) is 0.933. The van der Waals surface area contributed by atoms with Crippen LogP contribution in [0.3, 0.4) is 0 Å². The molecule has 0 N–H and O–H groups in total. The summed E-state index contributed by atoms with van der Waals surface area (Å²) in [6, 6.07) is 3.11. The average Bonchev–Trinajstić information content (AvgIpc) is 2.40. The highest BCUT2D eigenvalue weighted by Gasteiger charge is 2.34. The van der Waals surface area contributed by atoms with Crippen LogP contribution in [0.15, 0.2) is 0 Å². The third-order valence-corrected chi connectivity index (χ3v) is 4.79. The number of hydrogen-bond acceptors (Lipinski definition) is 3. The van der Waals surface area contributed by atoms with E-state index in [0.29, 0.717) is 6.04 Å². The summed E-state index contributed by atoms with van der Waals surface area (Å²) in [5.74, 6) is 1.14. The van der Waals surface area contributed by atoms with Crippen molar-refractivity contribution in [1.29, 1.82) is 5.26 Å². The van der Waals surface area contributed by atoms with Gasteiger partial charge in [-0.2, -0.15) is 5.26 Å². The van der Waals surface area contributed by atoms with Crippen LogP contribution in [-0.2, 0) is 0 Å². The van der Waals surface area contributed by atoms with E-state index in [2.05, 4.69) is 29.8 Å². The van der Waals surface area contributed by atoms with Crippen LogP contribution in [0.25, 0.3) is 0 Å². The van der Waals surface area contributed by atoms with E-state index in [0.717, 1.165) is 38.5 Å². The van der Waals surface area contributed by atoms with Gasteiger partial charge in [0.25, 0.3) is 0 Å². The molecule has 0 bridgehead atoms. The normalized spacial score (nSPS) is 35.3. The second-order valence-corrected chi connectivity index (χ2v) is 6.11. The quantitative estimate of drug-likeness (QED) is 0.769. The molecule has 1 heterocycles.